The summed E-state index contributed by atoms with van der Waals surface area (Å²) in [6, 6.07) is 5.17. The molecule has 0 fully saturated rings. The molecule has 1 rings (SSSR count). The highest BCUT2D eigenvalue weighted by molar-refractivity contribution is 5.75. The molecule has 0 aromatic heterocycles. The van der Waals surface area contributed by atoms with E-state index in [2.05, 4.69) is 0 Å². The molecule has 1 aromatic carbocycles. The van der Waals surface area contributed by atoms with Gasteiger partial charge in [-0.15, -0.1) is 0 Å². The molecule has 0 radical (unpaired) electrons. The predicted molar refractivity (Wildman–Crippen MR) is 55.1 cm³/mol. The maximum Gasteiger partial charge on any atom is 0.325 e. The lowest BCUT2D eigenvalue weighted by atomic mass is 9.96. The van der Waals surface area contributed by atoms with E-state index in [0.29, 0.717) is 11.1 Å². The van der Waals surface area contributed by atoms with Crippen molar-refractivity contribution in [1.29, 1.82) is 0 Å². The number of carboxylic acids is 1. The second kappa shape index (κ2) is 3.98. The summed E-state index contributed by atoms with van der Waals surface area (Å²) in [5.74, 6) is -1.12. The predicted octanol–water partition coefficient (Wildman–Crippen LogP) is 1.98. The Kier molecular flexibility index (Phi) is 3.09. The number of hydrogen-bond acceptors (Lipinski definition) is 2. The van der Waals surface area contributed by atoms with Gasteiger partial charge < -0.3 is 10.8 Å². The fourth-order valence-electron chi connectivity index (χ4n) is 1.24. The molecule has 0 amide bonds. The van der Waals surface area contributed by atoms with Crippen LogP contribution in [-0.4, -0.2) is 11.1 Å². The van der Waals surface area contributed by atoms with Gasteiger partial charge in [-0.1, -0.05) is 24.3 Å². The van der Waals surface area contributed by atoms with E-state index in [-0.39, 0.29) is 0 Å². The van der Waals surface area contributed by atoms with Gasteiger partial charge >= 0.3 is 5.97 Å². The Hall–Kier alpha value is -1.42. The van der Waals surface area contributed by atoms with Gasteiger partial charge in [0.05, 0.1) is 0 Å². The Labute approximate surface area is 87.7 Å². The normalized spacial score (nSPS) is 13.6. The molecule has 1 unspecified atom stereocenters. The maximum atomic E-state index is 13.6. The number of nitrogens with two attached hydrogens (primary N) is 1. The molecule has 3 N–H and O–H groups in total. The topological polar surface area (TPSA) is 63.3 Å². The molecule has 0 saturated heterocycles. The Morgan fingerprint density at radius 2 is 2.13 bits per heavy atom. The van der Waals surface area contributed by atoms with E-state index in [4.69, 9.17) is 10.8 Å². The van der Waals surface area contributed by atoms with Crippen molar-refractivity contribution in [3.63, 3.8) is 0 Å². The van der Waals surface area contributed by atoms with E-state index in [1.807, 2.05) is 0 Å². The number of aliphatic carboxylic acids is 1. The largest absolute Gasteiger partial charge is 0.480 e. The standard InChI is InChI=1S/C11H14FNO2/c1-11(2,12)8-5-3-4-7(6-8)9(13)10(14)15/h3-6,9H,13H2,1-2H3,(H,14,15). The van der Waals surface area contributed by atoms with E-state index in [9.17, 15) is 9.18 Å². The van der Waals surface area contributed by atoms with Crippen LogP contribution < -0.4 is 5.73 Å². The molecule has 3 nitrogen and oxygen atoms in total. The van der Waals surface area contributed by atoms with Crippen LogP contribution in [0, 0.1) is 0 Å². The zero-order chi connectivity index (χ0) is 11.6. The quantitative estimate of drug-likeness (QED) is 0.803. The van der Waals surface area contributed by atoms with Crippen molar-refractivity contribution in [3.8, 4) is 0 Å². The van der Waals surface area contributed by atoms with Crippen molar-refractivity contribution in [3.05, 3.63) is 35.4 Å². The third-order valence-corrected chi connectivity index (χ3v) is 2.20. The molecule has 0 aliphatic carbocycles. The van der Waals surface area contributed by atoms with E-state index in [0.717, 1.165) is 0 Å². The average molecular weight is 211 g/mol. The third kappa shape index (κ3) is 2.76. The number of benzene rings is 1. The number of halogens is 1. The molecule has 0 aliphatic rings. The third-order valence-electron chi connectivity index (χ3n) is 2.20. The molecule has 1 aromatic rings. The van der Waals surface area contributed by atoms with Crippen LogP contribution >= 0.6 is 0 Å². The van der Waals surface area contributed by atoms with Gasteiger partial charge in [0.2, 0.25) is 0 Å². The highest BCUT2D eigenvalue weighted by Crippen LogP contribution is 2.26. The van der Waals surface area contributed by atoms with E-state index in [1.165, 1.54) is 19.9 Å². The van der Waals surface area contributed by atoms with Crippen molar-refractivity contribution < 1.29 is 14.3 Å². The average Bonchev–Trinajstić information content (AvgIpc) is 2.15. The van der Waals surface area contributed by atoms with Gasteiger partial charge in [-0.3, -0.25) is 4.79 Å². The molecule has 0 saturated carbocycles. The van der Waals surface area contributed by atoms with E-state index >= 15 is 0 Å². The Morgan fingerprint density at radius 3 is 2.60 bits per heavy atom. The summed E-state index contributed by atoms with van der Waals surface area (Å²) in [6.45, 7) is 2.83. The molecule has 4 heteroatoms. The summed E-state index contributed by atoms with van der Waals surface area (Å²) in [5, 5.41) is 8.71. The smallest absolute Gasteiger partial charge is 0.325 e. The fourth-order valence-corrected chi connectivity index (χ4v) is 1.24. The van der Waals surface area contributed by atoms with Gasteiger partial charge in [-0.05, 0) is 25.0 Å². The SMILES string of the molecule is CC(C)(F)c1cccc(C(N)C(=O)O)c1. The van der Waals surface area contributed by atoms with Crippen LogP contribution in [0.3, 0.4) is 0 Å². The van der Waals surface area contributed by atoms with Gasteiger partial charge in [-0.2, -0.15) is 0 Å². The molecule has 82 valence electrons. The first-order valence-corrected chi connectivity index (χ1v) is 4.60. The molecule has 15 heavy (non-hydrogen) atoms. The first-order valence-electron chi connectivity index (χ1n) is 4.60. The lowest BCUT2D eigenvalue weighted by Gasteiger charge is -2.16. The van der Waals surface area contributed by atoms with Gasteiger partial charge in [0, 0.05) is 0 Å². The fraction of sp³-hybridized carbons (Fsp3) is 0.364. The van der Waals surface area contributed by atoms with Crippen molar-refractivity contribution in [2.24, 2.45) is 5.73 Å². The van der Waals surface area contributed by atoms with Gasteiger partial charge in [-0.25, -0.2) is 4.39 Å². The highest BCUT2D eigenvalue weighted by Gasteiger charge is 2.21. The van der Waals surface area contributed by atoms with Crippen molar-refractivity contribution in [2.45, 2.75) is 25.6 Å². The Bertz CT molecular complexity index is 371. The summed E-state index contributed by atoms with van der Waals surface area (Å²) in [6.07, 6.45) is 0. The zero-order valence-electron chi connectivity index (χ0n) is 8.70. The van der Waals surface area contributed by atoms with Crippen LogP contribution in [0.25, 0.3) is 0 Å². The summed E-state index contributed by atoms with van der Waals surface area (Å²) in [7, 11) is 0. The number of carbonyl (C=O) groups is 1. The summed E-state index contributed by atoms with van der Waals surface area (Å²) >= 11 is 0. The molecular formula is C11H14FNO2. The van der Waals surface area contributed by atoms with Crippen LogP contribution in [0.1, 0.15) is 31.0 Å². The summed E-state index contributed by atoms with van der Waals surface area (Å²) in [5.41, 5.74) is 4.77. The van der Waals surface area contributed by atoms with Gasteiger partial charge in [0.15, 0.2) is 0 Å². The number of rotatable bonds is 3. The molecule has 1 atom stereocenters. The minimum absolute atomic E-state index is 0.408. The number of carboxylic acid groups (broad SMARTS) is 1. The van der Waals surface area contributed by atoms with Crippen LogP contribution in [0.5, 0.6) is 0 Å². The zero-order valence-corrected chi connectivity index (χ0v) is 8.70. The lowest BCUT2D eigenvalue weighted by Crippen LogP contribution is -2.21. The molecule has 0 heterocycles. The molecular weight excluding hydrogens is 197 g/mol. The van der Waals surface area contributed by atoms with Crippen molar-refractivity contribution in [2.75, 3.05) is 0 Å². The van der Waals surface area contributed by atoms with Crippen LogP contribution in [0.2, 0.25) is 0 Å². The first kappa shape index (κ1) is 11.7. The Morgan fingerprint density at radius 1 is 1.53 bits per heavy atom. The minimum Gasteiger partial charge on any atom is -0.480 e. The van der Waals surface area contributed by atoms with Gasteiger partial charge in [0.1, 0.15) is 11.7 Å². The van der Waals surface area contributed by atoms with Gasteiger partial charge in [0.25, 0.3) is 0 Å². The number of alkyl halides is 1. The number of hydrogen-bond donors (Lipinski definition) is 2. The second-order valence-electron chi connectivity index (χ2n) is 3.91. The van der Waals surface area contributed by atoms with Crippen molar-refractivity contribution in [1.82, 2.24) is 0 Å². The van der Waals surface area contributed by atoms with E-state index < -0.39 is 17.7 Å². The molecule has 0 bridgehead atoms. The highest BCUT2D eigenvalue weighted by atomic mass is 19.1. The van der Waals surface area contributed by atoms with Crippen LogP contribution in [0.15, 0.2) is 24.3 Å². The minimum atomic E-state index is -1.49. The second-order valence-corrected chi connectivity index (χ2v) is 3.91. The van der Waals surface area contributed by atoms with Crippen LogP contribution in [0.4, 0.5) is 4.39 Å². The monoisotopic (exact) mass is 211 g/mol. The summed E-state index contributed by atoms with van der Waals surface area (Å²) < 4.78 is 13.6. The Balaban J connectivity index is 3.08. The molecule has 0 aliphatic heterocycles. The summed E-state index contributed by atoms with van der Waals surface area (Å²) in [4.78, 5) is 10.6. The van der Waals surface area contributed by atoms with Crippen LogP contribution in [-0.2, 0) is 10.5 Å². The lowest BCUT2D eigenvalue weighted by molar-refractivity contribution is -0.138. The van der Waals surface area contributed by atoms with Crippen molar-refractivity contribution >= 4 is 5.97 Å². The first-order chi connectivity index (χ1) is 6.82. The molecule has 0 spiro atoms. The van der Waals surface area contributed by atoms with E-state index in [1.54, 1.807) is 18.2 Å². The maximum absolute atomic E-state index is 13.6.